The minimum atomic E-state index is -4.35. The van der Waals surface area contributed by atoms with E-state index in [1.807, 2.05) is 19.0 Å². The van der Waals surface area contributed by atoms with Gasteiger partial charge in [-0.3, -0.25) is 4.98 Å². The average Bonchev–Trinajstić information content (AvgIpc) is 2.44. The molecule has 6 heteroatoms. The molecule has 2 rings (SSSR count). The van der Waals surface area contributed by atoms with Crippen LogP contribution in [0.3, 0.4) is 0 Å². The second kappa shape index (κ2) is 6.03. The largest absolute Gasteiger partial charge is 0.416 e. The van der Waals surface area contributed by atoms with Gasteiger partial charge >= 0.3 is 6.18 Å². The van der Waals surface area contributed by atoms with Crippen LogP contribution >= 0.6 is 0 Å². The molecule has 0 amide bonds. The van der Waals surface area contributed by atoms with Gasteiger partial charge in [0.2, 0.25) is 0 Å². The van der Waals surface area contributed by atoms with E-state index in [0.717, 1.165) is 11.8 Å². The first-order chi connectivity index (χ1) is 9.89. The third-order valence-corrected chi connectivity index (χ3v) is 3.07. The van der Waals surface area contributed by atoms with Gasteiger partial charge in [-0.15, -0.1) is 0 Å². The summed E-state index contributed by atoms with van der Waals surface area (Å²) >= 11 is 0. The van der Waals surface area contributed by atoms with Crippen LogP contribution in [0, 0.1) is 0 Å². The smallest absolute Gasteiger partial charge is 0.378 e. The van der Waals surface area contributed by atoms with Crippen molar-refractivity contribution in [1.82, 2.24) is 4.98 Å². The summed E-state index contributed by atoms with van der Waals surface area (Å²) in [6.07, 6.45) is -1.10. The second-order valence-electron chi connectivity index (χ2n) is 4.80. The van der Waals surface area contributed by atoms with Gasteiger partial charge in [0.15, 0.2) is 0 Å². The van der Waals surface area contributed by atoms with E-state index in [9.17, 15) is 13.2 Å². The summed E-state index contributed by atoms with van der Waals surface area (Å²) in [4.78, 5) is 5.87. The number of nitrogens with zero attached hydrogens (tertiary/aromatic N) is 2. The lowest BCUT2D eigenvalue weighted by atomic mass is 10.1. The summed E-state index contributed by atoms with van der Waals surface area (Å²) in [6.45, 7) is 0.0855. The molecular weight excluding hydrogens is 279 g/mol. The SMILES string of the molecule is CN(C)c1ccncc1NCc1ccccc1C(F)(F)F. The van der Waals surface area contributed by atoms with Crippen LogP contribution in [0.2, 0.25) is 0 Å². The van der Waals surface area contributed by atoms with Crippen LogP contribution in [0.5, 0.6) is 0 Å². The zero-order chi connectivity index (χ0) is 15.5. The monoisotopic (exact) mass is 295 g/mol. The molecule has 0 aliphatic heterocycles. The van der Waals surface area contributed by atoms with Crippen LogP contribution in [-0.2, 0) is 12.7 Å². The van der Waals surface area contributed by atoms with Gasteiger partial charge < -0.3 is 10.2 Å². The summed E-state index contributed by atoms with van der Waals surface area (Å²) in [7, 11) is 3.73. The van der Waals surface area contributed by atoms with Crippen LogP contribution in [0.15, 0.2) is 42.7 Å². The predicted octanol–water partition coefficient (Wildman–Crippen LogP) is 3.78. The van der Waals surface area contributed by atoms with Crippen molar-refractivity contribution in [3.05, 3.63) is 53.9 Å². The molecule has 0 radical (unpaired) electrons. The molecule has 21 heavy (non-hydrogen) atoms. The molecule has 1 aromatic carbocycles. The van der Waals surface area contributed by atoms with E-state index in [4.69, 9.17) is 0 Å². The van der Waals surface area contributed by atoms with Crippen LogP contribution < -0.4 is 10.2 Å². The number of anilines is 2. The van der Waals surface area contributed by atoms with Gasteiger partial charge in [0, 0.05) is 26.8 Å². The number of hydrogen-bond donors (Lipinski definition) is 1. The molecule has 1 aromatic heterocycles. The Morgan fingerprint density at radius 3 is 2.52 bits per heavy atom. The standard InChI is InChI=1S/C15H16F3N3/c1-21(2)14-7-8-19-10-13(14)20-9-11-5-3-4-6-12(11)15(16,17)18/h3-8,10,20H,9H2,1-2H3. The van der Waals surface area contributed by atoms with E-state index in [2.05, 4.69) is 10.3 Å². The summed E-state index contributed by atoms with van der Waals surface area (Å²) in [5.41, 5.74) is 1.15. The number of nitrogens with one attached hydrogen (secondary N) is 1. The highest BCUT2D eigenvalue weighted by atomic mass is 19.4. The summed E-state index contributed by atoms with van der Waals surface area (Å²) in [5.74, 6) is 0. The Labute approximate surface area is 121 Å². The van der Waals surface area contributed by atoms with E-state index in [-0.39, 0.29) is 12.1 Å². The van der Waals surface area contributed by atoms with Crippen LogP contribution in [0.25, 0.3) is 0 Å². The maximum Gasteiger partial charge on any atom is 0.416 e. The van der Waals surface area contributed by atoms with Gasteiger partial charge in [-0.1, -0.05) is 18.2 Å². The Kier molecular flexibility index (Phi) is 4.35. The van der Waals surface area contributed by atoms with Crippen molar-refractivity contribution in [3.8, 4) is 0 Å². The molecule has 0 spiro atoms. The lowest BCUT2D eigenvalue weighted by molar-refractivity contribution is -0.138. The molecular formula is C15H16F3N3. The summed E-state index contributed by atoms with van der Waals surface area (Å²) in [6, 6.07) is 7.36. The molecule has 0 aliphatic carbocycles. The van der Waals surface area contributed by atoms with Crippen molar-refractivity contribution in [1.29, 1.82) is 0 Å². The van der Waals surface area contributed by atoms with Gasteiger partial charge in [0.1, 0.15) is 0 Å². The number of rotatable bonds is 4. The van der Waals surface area contributed by atoms with Crippen molar-refractivity contribution >= 4 is 11.4 Å². The molecule has 1 N–H and O–H groups in total. The fourth-order valence-corrected chi connectivity index (χ4v) is 2.05. The fourth-order valence-electron chi connectivity index (χ4n) is 2.05. The van der Waals surface area contributed by atoms with E-state index < -0.39 is 11.7 Å². The predicted molar refractivity (Wildman–Crippen MR) is 77.3 cm³/mol. The second-order valence-corrected chi connectivity index (χ2v) is 4.80. The van der Waals surface area contributed by atoms with Crippen LogP contribution in [-0.4, -0.2) is 19.1 Å². The molecule has 0 saturated heterocycles. The Hall–Kier alpha value is -2.24. The maximum absolute atomic E-state index is 12.9. The minimum absolute atomic E-state index is 0.0855. The average molecular weight is 295 g/mol. The zero-order valence-corrected chi connectivity index (χ0v) is 11.8. The molecule has 0 atom stereocenters. The molecule has 112 valence electrons. The quantitative estimate of drug-likeness (QED) is 0.930. The normalized spacial score (nSPS) is 11.3. The number of alkyl halides is 3. The number of benzene rings is 1. The first-order valence-electron chi connectivity index (χ1n) is 6.40. The number of hydrogen-bond acceptors (Lipinski definition) is 3. The Morgan fingerprint density at radius 1 is 1.14 bits per heavy atom. The summed E-state index contributed by atoms with van der Waals surface area (Å²) in [5, 5.41) is 3.02. The van der Waals surface area contributed by atoms with E-state index in [1.165, 1.54) is 12.1 Å². The summed E-state index contributed by atoms with van der Waals surface area (Å²) < 4.78 is 38.8. The molecule has 0 unspecified atom stereocenters. The van der Waals surface area contributed by atoms with E-state index in [1.54, 1.807) is 24.5 Å². The maximum atomic E-state index is 12.9. The van der Waals surface area contributed by atoms with Gasteiger partial charge in [-0.25, -0.2) is 0 Å². The van der Waals surface area contributed by atoms with E-state index in [0.29, 0.717) is 5.69 Å². The van der Waals surface area contributed by atoms with Gasteiger partial charge in [0.25, 0.3) is 0 Å². The highest BCUT2D eigenvalue weighted by Gasteiger charge is 2.32. The minimum Gasteiger partial charge on any atom is -0.378 e. The zero-order valence-electron chi connectivity index (χ0n) is 11.8. The van der Waals surface area contributed by atoms with E-state index >= 15 is 0 Å². The molecule has 0 bridgehead atoms. The fraction of sp³-hybridized carbons (Fsp3) is 0.267. The molecule has 3 nitrogen and oxygen atoms in total. The molecule has 1 heterocycles. The van der Waals surface area contributed by atoms with Gasteiger partial charge in [-0.2, -0.15) is 13.2 Å². The van der Waals surface area contributed by atoms with Gasteiger partial charge in [-0.05, 0) is 17.7 Å². The lowest BCUT2D eigenvalue weighted by Gasteiger charge is -2.19. The van der Waals surface area contributed by atoms with Crippen molar-refractivity contribution in [2.24, 2.45) is 0 Å². The third-order valence-electron chi connectivity index (χ3n) is 3.07. The molecule has 0 saturated carbocycles. The van der Waals surface area contributed by atoms with Crippen molar-refractivity contribution < 1.29 is 13.2 Å². The number of halogens is 3. The molecule has 0 aliphatic rings. The molecule has 2 aromatic rings. The lowest BCUT2D eigenvalue weighted by Crippen LogP contribution is -2.14. The highest BCUT2D eigenvalue weighted by molar-refractivity contribution is 5.68. The Morgan fingerprint density at radius 2 is 1.86 bits per heavy atom. The number of aromatic nitrogens is 1. The van der Waals surface area contributed by atoms with Crippen molar-refractivity contribution in [2.45, 2.75) is 12.7 Å². The third kappa shape index (κ3) is 3.65. The van der Waals surface area contributed by atoms with Crippen molar-refractivity contribution in [3.63, 3.8) is 0 Å². The number of pyridine rings is 1. The highest BCUT2D eigenvalue weighted by Crippen LogP contribution is 2.32. The topological polar surface area (TPSA) is 28.2 Å². The van der Waals surface area contributed by atoms with Crippen LogP contribution in [0.1, 0.15) is 11.1 Å². The Bertz CT molecular complexity index is 609. The Balaban J connectivity index is 2.22. The molecule has 0 fully saturated rings. The van der Waals surface area contributed by atoms with Crippen LogP contribution in [0.4, 0.5) is 24.5 Å². The van der Waals surface area contributed by atoms with Gasteiger partial charge in [0.05, 0.1) is 23.1 Å². The first kappa shape index (κ1) is 15.2. The van der Waals surface area contributed by atoms with Crippen molar-refractivity contribution in [2.75, 3.05) is 24.3 Å². The first-order valence-corrected chi connectivity index (χ1v) is 6.40.